The summed E-state index contributed by atoms with van der Waals surface area (Å²) >= 11 is 0. The molecule has 0 bridgehead atoms. The van der Waals surface area contributed by atoms with Gasteiger partial charge >= 0.3 is 0 Å². The SMILES string of the molecule is CNC(=O)CNC1CC(C)c2c(C)ccc(O)c21. The second-order valence-corrected chi connectivity index (χ2v) is 4.97. The van der Waals surface area contributed by atoms with E-state index in [1.807, 2.05) is 6.07 Å². The zero-order valence-electron chi connectivity index (χ0n) is 11.1. The smallest absolute Gasteiger partial charge is 0.233 e. The Morgan fingerprint density at radius 3 is 2.83 bits per heavy atom. The number of likely N-dealkylation sites (N-methyl/N-ethyl adjacent to an activating group) is 1. The molecule has 98 valence electrons. The molecule has 4 heteroatoms. The van der Waals surface area contributed by atoms with Crippen molar-refractivity contribution in [1.82, 2.24) is 10.6 Å². The first kappa shape index (κ1) is 12.9. The standard InChI is InChI=1S/C14H20N2O2/c1-8-4-5-11(17)14-10(6-9(2)13(8)14)16-7-12(18)15-3/h4-5,9-10,16-17H,6-7H2,1-3H3,(H,15,18). The number of hydrogen-bond acceptors (Lipinski definition) is 3. The Kier molecular flexibility index (Phi) is 3.57. The van der Waals surface area contributed by atoms with Gasteiger partial charge in [-0.15, -0.1) is 0 Å². The summed E-state index contributed by atoms with van der Waals surface area (Å²) in [6, 6.07) is 3.75. The zero-order valence-corrected chi connectivity index (χ0v) is 11.1. The van der Waals surface area contributed by atoms with E-state index in [9.17, 15) is 9.90 Å². The van der Waals surface area contributed by atoms with E-state index in [2.05, 4.69) is 24.5 Å². The third kappa shape index (κ3) is 2.20. The zero-order chi connectivity index (χ0) is 13.3. The van der Waals surface area contributed by atoms with E-state index in [4.69, 9.17) is 0 Å². The van der Waals surface area contributed by atoms with Crippen LogP contribution in [0.25, 0.3) is 0 Å². The van der Waals surface area contributed by atoms with Crippen LogP contribution in [0, 0.1) is 6.92 Å². The minimum Gasteiger partial charge on any atom is -0.508 e. The minimum absolute atomic E-state index is 0.0387. The molecule has 3 N–H and O–H groups in total. The average Bonchev–Trinajstić information content (AvgIpc) is 2.69. The number of carbonyl (C=O) groups is 1. The van der Waals surface area contributed by atoms with Gasteiger partial charge in [0, 0.05) is 18.7 Å². The van der Waals surface area contributed by atoms with Crippen molar-refractivity contribution in [2.24, 2.45) is 0 Å². The lowest BCUT2D eigenvalue weighted by Crippen LogP contribution is -2.33. The summed E-state index contributed by atoms with van der Waals surface area (Å²) in [6.45, 7) is 4.50. The van der Waals surface area contributed by atoms with Gasteiger partial charge in [-0.1, -0.05) is 13.0 Å². The third-order valence-electron chi connectivity index (χ3n) is 3.70. The molecule has 1 aromatic carbocycles. The number of aromatic hydroxyl groups is 1. The van der Waals surface area contributed by atoms with E-state index in [1.165, 1.54) is 11.1 Å². The van der Waals surface area contributed by atoms with E-state index in [-0.39, 0.29) is 18.5 Å². The maximum atomic E-state index is 11.3. The lowest BCUT2D eigenvalue weighted by atomic mass is 9.97. The van der Waals surface area contributed by atoms with Crippen LogP contribution in [0.2, 0.25) is 0 Å². The number of fused-ring (bicyclic) bond motifs is 1. The van der Waals surface area contributed by atoms with Gasteiger partial charge in [0.25, 0.3) is 0 Å². The van der Waals surface area contributed by atoms with Gasteiger partial charge in [0.05, 0.1) is 6.54 Å². The van der Waals surface area contributed by atoms with Crippen molar-refractivity contribution in [3.8, 4) is 5.75 Å². The van der Waals surface area contributed by atoms with E-state index in [0.717, 1.165) is 12.0 Å². The van der Waals surface area contributed by atoms with Crippen LogP contribution < -0.4 is 10.6 Å². The van der Waals surface area contributed by atoms with Crippen LogP contribution in [0.1, 0.15) is 42.0 Å². The van der Waals surface area contributed by atoms with Crippen molar-refractivity contribution < 1.29 is 9.90 Å². The molecular weight excluding hydrogens is 228 g/mol. The van der Waals surface area contributed by atoms with Crippen LogP contribution in [0.15, 0.2) is 12.1 Å². The molecule has 4 nitrogen and oxygen atoms in total. The molecule has 0 aliphatic heterocycles. The fourth-order valence-electron chi connectivity index (χ4n) is 2.83. The second kappa shape index (κ2) is 4.98. The van der Waals surface area contributed by atoms with Crippen LogP contribution >= 0.6 is 0 Å². The summed E-state index contributed by atoms with van der Waals surface area (Å²) in [7, 11) is 1.62. The lowest BCUT2D eigenvalue weighted by Gasteiger charge is -2.15. The maximum absolute atomic E-state index is 11.3. The van der Waals surface area contributed by atoms with Gasteiger partial charge in [0.1, 0.15) is 5.75 Å². The minimum atomic E-state index is -0.0387. The highest BCUT2D eigenvalue weighted by molar-refractivity contribution is 5.77. The molecule has 0 heterocycles. The molecule has 1 aromatic rings. The number of phenols is 1. The summed E-state index contributed by atoms with van der Waals surface area (Å²) < 4.78 is 0. The molecule has 1 amide bonds. The number of hydrogen-bond donors (Lipinski definition) is 3. The van der Waals surface area contributed by atoms with Crippen molar-refractivity contribution in [3.05, 3.63) is 28.8 Å². The fraction of sp³-hybridized carbons (Fsp3) is 0.500. The first-order valence-corrected chi connectivity index (χ1v) is 6.31. The van der Waals surface area contributed by atoms with Crippen LogP contribution in [-0.4, -0.2) is 24.6 Å². The Balaban J connectivity index is 2.24. The molecule has 2 rings (SSSR count). The average molecular weight is 248 g/mol. The first-order chi connectivity index (χ1) is 8.54. The molecule has 18 heavy (non-hydrogen) atoms. The third-order valence-corrected chi connectivity index (χ3v) is 3.70. The van der Waals surface area contributed by atoms with Crippen LogP contribution in [0.4, 0.5) is 0 Å². The summed E-state index contributed by atoms with van der Waals surface area (Å²) in [5.41, 5.74) is 3.40. The monoisotopic (exact) mass is 248 g/mol. The Morgan fingerprint density at radius 2 is 2.17 bits per heavy atom. The molecular formula is C14H20N2O2. The van der Waals surface area contributed by atoms with Crippen molar-refractivity contribution in [1.29, 1.82) is 0 Å². The van der Waals surface area contributed by atoms with Crippen LogP contribution in [0.5, 0.6) is 5.75 Å². The number of benzene rings is 1. The second-order valence-electron chi connectivity index (χ2n) is 4.97. The lowest BCUT2D eigenvalue weighted by molar-refractivity contribution is -0.119. The van der Waals surface area contributed by atoms with Crippen LogP contribution in [-0.2, 0) is 4.79 Å². The predicted octanol–water partition coefficient (Wildman–Crippen LogP) is 1.58. The molecule has 0 spiro atoms. The molecule has 2 unspecified atom stereocenters. The molecule has 0 saturated carbocycles. The van der Waals surface area contributed by atoms with Crippen molar-refractivity contribution >= 4 is 5.91 Å². The van der Waals surface area contributed by atoms with E-state index >= 15 is 0 Å². The molecule has 1 aliphatic carbocycles. The molecule has 2 atom stereocenters. The molecule has 0 radical (unpaired) electrons. The summed E-state index contributed by atoms with van der Waals surface area (Å²) in [4.78, 5) is 11.3. The van der Waals surface area contributed by atoms with Crippen molar-refractivity contribution in [2.75, 3.05) is 13.6 Å². The Morgan fingerprint density at radius 1 is 1.44 bits per heavy atom. The number of carbonyl (C=O) groups excluding carboxylic acids is 1. The maximum Gasteiger partial charge on any atom is 0.233 e. The van der Waals surface area contributed by atoms with Crippen molar-refractivity contribution in [2.45, 2.75) is 32.2 Å². The number of aryl methyl sites for hydroxylation is 1. The number of rotatable bonds is 3. The highest BCUT2D eigenvalue weighted by Crippen LogP contribution is 2.45. The van der Waals surface area contributed by atoms with Gasteiger partial charge in [-0.25, -0.2) is 0 Å². The number of amides is 1. The first-order valence-electron chi connectivity index (χ1n) is 6.31. The number of nitrogens with one attached hydrogen (secondary N) is 2. The largest absolute Gasteiger partial charge is 0.508 e. The van der Waals surface area contributed by atoms with Gasteiger partial charge in [0.15, 0.2) is 0 Å². The van der Waals surface area contributed by atoms with Gasteiger partial charge in [-0.2, -0.15) is 0 Å². The van der Waals surface area contributed by atoms with Crippen molar-refractivity contribution in [3.63, 3.8) is 0 Å². The van der Waals surface area contributed by atoms with Gasteiger partial charge in [-0.05, 0) is 36.5 Å². The Bertz CT molecular complexity index is 471. The summed E-state index contributed by atoms with van der Waals surface area (Å²) in [5, 5.41) is 15.8. The Labute approximate surface area is 107 Å². The van der Waals surface area contributed by atoms with E-state index in [0.29, 0.717) is 11.7 Å². The summed E-state index contributed by atoms with van der Waals surface area (Å²) in [5.74, 6) is 0.701. The van der Waals surface area contributed by atoms with E-state index < -0.39 is 0 Å². The summed E-state index contributed by atoms with van der Waals surface area (Å²) in [6.07, 6.45) is 0.921. The molecule has 0 aromatic heterocycles. The van der Waals surface area contributed by atoms with Crippen LogP contribution in [0.3, 0.4) is 0 Å². The molecule has 0 fully saturated rings. The van der Waals surface area contributed by atoms with Gasteiger partial charge < -0.3 is 15.7 Å². The normalized spacial score (nSPS) is 21.7. The van der Waals surface area contributed by atoms with Gasteiger partial charge in [-0.3, -0.25) is 4.79 Å². The predicted molar refractivity (Wildman–Crippen MR) is 70.7 cm³/mol. The number of phenolic OH excluding ortho intramolecular Hbond substituents is 1. The highest BCUT2D eigenvalue weighted by atomic mass is 16.3. The molecule has 1 aliphatic rings. The topological polar surface area (TPSA) is 61.4 Å². The van der Waals surface area contributed by atoms with E-state index in [1.54, 1.807) is 13.1 Å². The molecule has 0 saturated heterocycles. The fourth-order valence-corrected chi connectivity index (χ4v) is 2.83. The quantitative estimate of drug-likeness (QED) is 0.761. The van der Waals surface area contributed by atoms with Gasteiger partial charge in [0.2, 0.25) is 5.91 Å². The Hall–Kier alpha value is -1.55. The highest BCUT2D eigenvalue weighted by Gasteiger charge is 2.31.